The van der Waals surface area contributed by atoms with Crippen LogP contribution < -0.4 is 24.8 Å². The molecule has 0 saturated carbocycles. The van der Waals surface area contributed by atoms with E-state index < -0.39 is 0 Å². The number of piperazine rings is 1. The number of rotatable bonds is 6. The Morgan fingerprint density at radius 1 is 0.933 bits per heavy atom. The van der Waals surface area contributed by atoms with Crippen LogP contribution in [0.25, 0.3) is 0 Å². The van der Waals surface area contributed by atoms with Gasteiger partial charge < -0.3 is 29.7 Å². The lowest BCUT2D eigenvalue weighted by Crippen LogP contribution is -2.51. The second kappa shape index (κ2) is 11.4. The molecular formula is C21H28ClIN4O3. The van der Waals surface area contributed by atoms with Crippen LogP contribution in [0, 0.1) is 0 Å². The normalized spacial score (nSPS) is 14.2. The van der Waals surface area contributed by atoms with Gasteiger partial charge in [-0.25, -0.2) is 4.99 Å². The molecule has 0 spiro atoms. The number of hydrogen-bond donors (Lipinski definition) is 1. The highest BCUT2D eigenvalue weighted by Crippen LogP contribution is 2.40. The summed E-state index contributed by atoms with van der Waals surface area (Å²) >= 11 is 5.98. The van der Waals surface area contributed by atoms with Crippen LogP contribution in [0.3, 0.4) is 0 Å². The standard InChI is InChI=1S/C21H27ClN4O3.HI/c1-27-18-9-4-15(19(28-2)20(18)29-3)14-24-21(23)26-12-10-25(11-13-26)17-7-5-16(22)6-8-17;/h4-9H,10-14H2,1-3H3,(H2,23,24);1H. The molecule has 1 aliphatic heterocycles. The number of methoxy groups -OCH3 is 3. The number of nitrogens with two attached hydrogens (primary N) is 1. The lowest BCUT2D eigenvalue weighted by Gasteiger charge is -2.36. The van der Waals surface area contributed by atoms with Gasteiger partial charge in [-0.05, 0) is 36.4 Å². The van der Waals surface area contributed by atoms with Gasteiger partial charge in [0.1, 0.15) is 0 Å². The van der Waals surface area contributed by atoms with Crippen molar-refractivity contribution >= 4 is 47.2 Å². The van der Waals surface area contributed by atoms with Gasteiger partial charge in [0.25, 0.3) is 0 Å². The first-order chi connectivity index (χ1) is 14.1. The van der Waals surface area contributed by atoms with Gasteiger partial charge in [0.15, 0.2) is 17.5 Å². The van der Waals surface area contributed by atoms with Crippen LogP contribution >= 0.6 is 35.6 Å². The number of anilines is 1. The first kappa shape index (κ1) is 24.2. The summed E-state index contributed by atoms with van der Waals surface area (Å²) in [5.74, 6) is 2.30. The third-order valence-corrected chi connectivity index (χ3v) is 5.24. The molecule has 1 fully saturated rings. The molecule has 2 aromatic rings. The SMILES string of the molecule is COc1ccc(CN=C(N)N2CCN(c3ccc(Cl)cc3)CC2)c(OC)c1OC.I. The van der Waals surface area contributed by atoms with Crippen molar-refractivity contribution in [1.82, 2.24) is 4.90 Å². The van der Waals surface area contributed by atoms with Crippen LogP contribution in [0.2, 0.25) is 5.02 Å². The molecule has 3 rings (SSSR count). The van der Waals surface area contributed by atoms with E-state index >= 15 is 0 Å². The van der Waals surface area contributed by atoms with Crippen LogP contribution in [-0.4, -0.2) is 58.4 Å². The maximum absolute atomic E-state index is 6.26. The summed E-state index contributed by atoms with van der Waals surface area (Å²) in [5.41, 5.74) is 8.31. The minimum absolute atomic E-state index is 0. The molecule has 7 nitrogen and oxygen atoms in total. The highest BCUT2D eigenvalue weighted by Gasteiger charge is 2.19. The van der Waals surface area contributed by atoms with E-state index in [2.05, 4.69) is 14.8 Å². The Hall–Kier alpha value is -2.07. The molecule has 2 N–H and O–H groups in total. The molecular weight excluding hydrogens is 519 g/mol. The van der Waals surface area contributed by atoms with Crippen molar-refractivity contribution in [1.29, 1.82) is 0 Å². The number of halogens is 2. The monoisotopic (exact) mass is 546 g/mol. The van der Waals surface area contributed by atoms with Gasteiger partial charge in [0.05, 0.1) is 27.9 Å². The maximum Gasteiger partial charge on any atom is 0.203 e. The van der Waals surface area contributed by atoms with Gasteiger partial charge in [0, 0.05) is 42.5 Å². The fourth-order valence-corrected chi connectivity index (χ4v) is 3.53. The molecule has 0 atom stereocenters. The van der Waals surface area contributed by atoms with E-state index in [9.17, 15) is 0 Å². The Bertz CT molecular complexity index is 856. The van der Waals surface area contributed by atoms with Crippen molar-refractivity contribution in [2.75, 3.05) is 52.4 Å². The Morgan fingerprint density at radius 3 is 2.13 bits per heavy atom. The van der Waals surface area contributed by atoms with Crippen LogP contribution in [0.5, 0.6) is 17.2 Å². The van der Waals surface area contributed by atoms with Gasteiger partial charge in [-0.2, -0.15) is 0 Å². The minimum Gasteiger partial charge on any atom is -0.493 e. The average Bonchev–Trinajstić information content (AvgIpc) is 2.77. The number of hydrogen-bond acceptors (Lipinski definition) is 5. The number of guanidine groups is 1. The second-order valence-corrected chi connectivity index (χ2v) is 7.05. The van der Waals surface area contributed by atoms with Crippen molar-refractivity contribution in [3.8, 4) is 17.2 Å². The molecule has 0 unspecified atom stereocenters. The quantitative estimate of drug-likeness (QED) is 0.339. The van der Waals surface area contributed by atoms with Gasteiger partial charge in [-0.3, -0.25) is 0 Å². The van der Waals surface area contributed by atoms with E-state index in [1.807, 2.05) is 36.4 Å². The predicted molar refractivity (Wildman–Crippen MR) is 132 cm³/mol. The van der Waals surface area contributed by atoms with Gasteiger partial charge in [0.2, 0.25) is 5.75 Å². The Morgan fingerprint density at radius 2 is 1.57 bits per heavy atom. The molecule has 0 amide bonds. The van der Waals surface area contributed by atoms with Crippen molar-refractivity contribution in [3.05, 3.63) is 47.0 Å². The molecule has 30 heavy (non-hydrogen) atoms. The molecule has 1 saturated heterocycles. The molecule has 0 bridgehead atoms. The average molecular weight is 547 g/mol. The van der Waals surface area contributed by atoms with Crippen LogP contribution in [0.4, 0.5) is 5.69 Å². The van der Waals surface area contributed by atoms with Crippen molar-refractivity contribution < 1.29 is 14.2 Å². The molecule has 2 aromatic carbocycles. The Labute approximate surface area is 199 Å². The lowest BCUT2D eigenvalue weighted by molar-refractivity contribution is 0.322. The largest absolute Gasteiger partial charge is 0.493 e. The summed E-state index contributed by atoms with van der Waals surface area (Å²) in [7, 11) is 4.78. The number of aliphatic imine (C=N–C) groups is 1. The molecule has 0 aliphatic carbocycles. The zero-order valence-corrected chi connectivity index (χ0v) is 20.5. The van der Waals surface area contributed by atoms with Crippen molar-refractivity contribution in [2.45, 2.75) is 6.54 Å². The molecule has 164 valence electrons. The van der Waals surface area contributed by atoms with E-state index in [1.165, 1.54) is 5.69 Å². The fourth-order valence-electron chi connectivity index (χ4n) is 3.40. The first-order valence-corrected chi connectivity index (χ1v) is 9.78. The Kier molecular flexibility index (Phi) is 9.16. The van der Waals surface area contributed by atoms with E-state index in [-0.39, 0.29) is 24.0 Å². The summed E-state index contributed by atoms with van der Waals surface area (Å²) in [6, 6.07) is 11.7. The topological polar surface area (TPSA) is 72.6 Å². The molecule has 0 radical (unpaired) electrons. The van der Waals surface area contributed by atoms with Crippen LogP contribution in [0.1, 0.15) is 5.56 Å². The number of benzene rings is 2. The first-order valence-electron chi connectivity index (χ1n) is 9.40. The lowest BCUT2D eigenvalue weighted by atomic mass is 10.1. The van der Waals surface area contributed by atoms with Crippen molar-refractivity contribution in [2.24, 2.45) is 10.7 Å². The zero-order chi connectivity index (χ0) is 20.8. The summed E-state index contributed by atoms with van der Waals surface area (Å²) in [6.45, 7) is 3.75. The minimum atomic E-state index is 0. The summed E-state index contributed by atoms with van der Waals surface area (Å²) in [6.07, 6.45) is 0. The highest BCUT2D eigenvalue weighted by atomic mass is 127. The second-order valence-electron chi connectivity index (χ2n) is 6.62. The van der Waals surface area contributed by atoms with Crippen LogP contribution in [0.15, 0.2) is 41.4 Å². The smallest absolute Gasteiger partial charge is 0.203 e. The molecule has 0 aromatic heterocycles. The van der Waals surface area contributed by atoms with Crippen LogP contribution in [-0.2, 0) is 6.54 Å². The molecule has 1 heterocycles. The molecule has 1 aliphatic rings. The third kappa shape index (κ3) is 5.54. The zero-order valence-electron chi connectivity index (χ0n) is 17.4. The maximum atomic E-state index is 6.26. The number of nitrogens with zero attached hydrogens (tertiary/aromatic N) is 3. The third-order valence-electron chi connectivity index (χ3n) is 4.99. The fraction of sp³-hybridized carbons (Fsp3) is 0.381. The predicted octanol–water partition coefficient (Wildman–Crippen LogP) is 3.62. The van der Waals surface area contributed by atoms with E-state index in [0.29, 0.717) is 29.8 Å². The summed E-state index contributed by atoms with van der Waals surface area (Å²) in [4.78, 5) is 8.99. The summed E-state index contributed by atoms with van der Waals surface area (Å²) < 4.78 is 16.3. The molecule has 9 heteroatoms. The number of ether oxygens (including phenoxy) is 3. The van der Waals surface area contributed by atoms with E-state index in [1.54, 1.807) is 21.3 Å². The van der Waals surface area contributed by atoms with Gasteiger partial charge in [-0.15, -0.1) is 24.0 Å². The van der Waals surface area contributed by atoms with Crippen molar-refractivity contribution in [3.63, 3.8) is 0 Å². The Balaban J connectivity index is 0.00000320. The van der Waals surface area contributed by atoms with Gasteiger partial charge in [-0.1, -0.05) is 11.6 Å². The van der Waals surface area contributed by atoms with E-state index in [0.717, 1.165) is 36.8 Å². The van der Waals surface area contributed by atoms with Gasteiger partial charge >= 0.3 is 0 Å². The summed E-state index contributed by atoms with van der Waals surface area (Å²) in [5, 5.41) is 0.745. The highest BCUT2D eigenvalue weighted by molar-refractivity contribution is 14.0. The van der Waals surface area contributed by atoms with E-state index in [4.69, 9.17) is 31.5 Å².